The normalized spacial score (nSPS) is 12.5. The highest BCUT2D eigenvalue weighted by Crippen LogP contribution is 2.23. The lowest BCUT2D eigenvalue weighted by Gasteiger charge is -2.25. The topological polar surface area (TPSA) is 50.2 Å². The predicted molar refractivity (Wildman–Crippen MR) is 103 cm³/mol. The van der Waals surface area contributed by atoms with Crippen LogP contribution in [0.25, 0.3) is 10.8 Å². The lowest BCUT2D eigenvalue weighted by atomic mass is 10.1. The standard InChI is InChI=1S/C20H24N4O/c1-14-9-8-12-16-18(14)20(25)24(4)22-19(16)21-13-17(23(2)3)15-10-6-5-7-11-15/h5-12,17H,13H2,1-4H3,(H,21,22). The molecule has 0 aliphatic carbocycles. The van der Waals surface area contributed by atoms with E-state index < -0.39 is 0 Å². The molecule has 5 heteroatoms. The molecule has 0 aliphatic heterocycles. The molecule has 2 aromatic carbocycles. The fourth-order valence-corrected chi connectivity index (χ4v) is 3.16. The summed E-state index contributed by atoms with van der Waals surface area (Å²) in [7, 11) is 5.82. The first-order valence-electron chi connectivity index (χ1n) is 8.41. The molecule has 1 N–H and O–H groups in total. The maximum atomic E-state index is 12.4. The number of aryl methyl sites for hydroxylation is 2. The number of hydrogen-bond donors (Lipinski definition) is 1. The van der Waals surface area contributed by atoms with Crippen LogP contribution in [0.5, 0.6) is 0 Å². The summed E-state index contributed by atoms with van der Waals surface area (Å²) in [5.41, 5.74) is 2.15. The van der Waals surface area contributed by atoms with E-state index in [1.807, 2.05) is 31.2 Å². The van der Waals surface area contributed by atoms with Crippen LogP contribution < -0.4 is 10.9 Å². The smallest absolute Gasteiger partial charge is 0.274 e. The van der Waals surface area contributed by atoms with Gasteiger partial charge in [0.1, 0.15) is 0 Å². The Morgan fingerprint density at radius 3 is 2.52 bits per heavy atom. The van der Waals surface area contributed by atoms with Crippen molar-refractivity contribution in [1.29, 1.82) is 0 Å². The molecule has 3 aromatic rings. The zero-order valence-corrected chi connectivity index (χ0v) is 15.2. The van der Waals surface area contributed by atoms with Gasteiger partial charge in [0.05, 0.1) is 11.4 Å². The molecule has 0 amide bonds. The number of benzene rings is 2. The minimum Gasteiger partial charge on any atom is -0.366 e. The number of likely N-dealkylation sites (N-methyl/N-ethyl adjacent to an activating group) is 1. The molecular formula is C20H24N4O. The zero-order valence-electron chi connectivity index (χ0n) is 15.2. The van der Waals surface area contributed by atoms with Crippen molar-refractivity contribution in [2.45, 2.75) is 13.0 Å². The van der Waals surface area contributed by atoms with Gasteiger partial charge in [-0.25, -0.2) is 4.68 Å². The second kappa shape index (κ2) is 7.07. The molecule has 1 atom stereocenters. The Balaban J connectivity index is 1.97. The summed E-state index contributed by atoms with van der Waals surface area (Å²) in [4.78, 5) is 14.6. The van der Waals surface area contributed by atoms with E-state index >= 15 is 0 Å². The summed E-state index contributed by atoms with van der Waals surface area (Å²) in [6.07, 6.45) is 0. The molecule has 0 radical (unpaired) electrons. The first-order valence-corrected chi connectivity index (χ1v) is 8.41. The molecule has 1 unspecified atom stereocenters. The summed E-state index contributed by atoms with van der Waals surface area (Å²) in [5, 5.41) is 9.49. The maximum Gasteiger partial charge on any atom is 0.274 e. The third-order valence-electron chi connectivity index (χ3n) is 4.56. The molecule has 25 heavy (non-hydrogen) atoms. The SMILES string of the molecule is Cc1cccc2c(NCC(c3ccccc3)N(C)C)nn(C)c(=O)c12. The Kier molecular flexibility index (Phi) is 4.86. The fourth-order valence-electron chi connectivity index (χ4n) is 3.16. The van der Waals surface area contributed by atoms with Crippen molar-refractivity contribution in [3.05, 3.63) is 70.0 Å². The van der Waals surface area contributed by atoms with Crippen molar-refractivity contribution in [3.8, 4) is 0 Å². The average Bonchev–Trinajstić information content (AvgIpc) is 2.60. The summed E-state index contributed by atoms with van der Waals surface area (Å²) in [6.45, 7) is 2.66. The van der Waals surface area contributed by atoms with Gasteiger partial charge in [0.15, 0.2) is 5.82 Å². The van der Waals surface area contributed by atoms with Crippen LogP contribution in [-0.4, -0.2) is 35.3 Å². The third-order valence-corrected chi connectivity index (χ3v) is 4.56. The number of aromatic nitrogens is 2. The molecule has 1 aromatic heterocycles. The van der Waals surface area contributed by atoms with Gasteiger partial charge in [-0.1, -0.05) is 48.5 Å². The molecule has 0 saturated heterocycles. The van der Waals surface area contributed by atoms with E-state index in [0.717, 1.165) is 22.2 Å². The Morgan fingerprint density at radius 1 is 1.12 bits per heavy atom. The molecule has 0 aliphatic rings. The van der Waals surface area contributed by atoms with Crippen LogP contribution in [0.4, 0.5) is 5.82 Å². The Hall–Kier alpha value is -2.66. The summed E-state index contributed by atoms with van der Waals surface area (Å²) >= 11 is 0. The van der Waals surface area contributed by atoms with Crippen molar-refractivity contribution in [1.82, 2.24) is 14.7 Å². The minimum absolute atomic E-state index is 0.0640. The van der Waals surface area contributed by atoms with Crippen molar-refractivity contribution >= 4 is 16.6 Å². The van der Waals surface area contributed by atoms with E-state index in [2.05, 4.69) is 53.7 Å². The van der Waals surface area contributed by atoms with Crippen molar-refractivity contribution < 1.29 is 0 Å². The van der Waals surface area contributed by atoms with E-state index in [1.165, 1.54) is 10.2 Å². The average molecular weight is 336 g/mol. The van der Waals surface area contributed by atoms with E-state index in [-0.39, 0.29) is 11.6 Å². The lowest BCUT2D eigenvalue weighted by molar-refractivity contribution is 0.311. The first-order chi connectivity index (χ1) is 12.0. The lowest BCUT2D eigenvalue weighted by Crippen LogP contribution is -2.28. The molecule has 130 valence electrons. The van der Waals surface area contributed by atoms with Gasteiger partial charge in [-0.15, -0.1) is 0 Å². The number of hydrogen-bond acceptors (Lipinski definition) is 4. The number of rotatable bonds is 5. The monoisotopic (exact) mass is 336 g/mol. The van der Waals surface area contributed by atoms with Gasteiger partial charge in [-0.05, 0) is 32.1 Å². The van der Waals surface area contributed by atoms with Crippen LogP contribution in [0.3, 0.4) is 0 Å². The van der Waals surface area contributed by atoms with E-state index in [0.29, 0.717) is 6.54 Å². The Bertz CT molecular complexity index is 932. The molecule has 0 saturated carbocycles. The van der Waals surface area contributed by atoms with Crippen molar-refractivity contribution in [2.75, 3.05) is 26.0 Å². The summed E-state index contributed by atoms with van der Waals surface area (Å²) in [5.74, 6) is 0.739. The van der Waals surface area contributed by atoms with Gasteiger partial charge in [0.2, 0.25) is 0 Å². The second-order valence-corrected chi connectivity index (χ2v) is 6.55. The molecule has 3 rings (SSSR count). The van der Waals surface area contributed by atoms with Gasteiger partial charge in [-0.3, -0.25) is 4.79 Å². The molecular weight excluding hydrogens is 312 g/mol. The summed E-state index contributed by atoms with van der Waals surface area (Å²) in [6, 6.07) is 16.5. The number of fused-ring (bicyclic) bond motifs is 1. The van der Waals surface area contributed by atoms with Crippen LogP contribution in [0.2, 0.25) is 0 Å². The van der Waals surface area contributed by atoms with E-state index in [1.54, 1.807) is 7.05 Å². The van der Waals surface area contributed by atoms with Gasteiger partial charge >= 0.3 is 0 Å². The van der Waals surface area contributed by atoms with Crippen LogP contribution >= 0.6 is 0 Å². The van der Waals surface area contributed by atoms with Crippen LogP contribution in [0.1, 0.15) is 17.2 Å². The molecule has 5 nitrogen and oxygen atoms in total. The van der Waals surface area contributed by atoms with Crippen LogP contribution in [0.15, 0.2) is 53.3 Å². The molecule has 0 fully saturated rings. The Labute approximate surface area is 147 Å². The highest BCUT2D eigenvalue weighted by Gasteiger charge is 2.16. The van der Waals surface area contributed by atoms with Crippen LogP contribution in [0, 0.1) is 6.92 Å². The fraction of sp³-hybridized carbons (Fsp3) is 0.300. The quantitative estimate of drug-likeness (QED) is 0.778. The van der Waals surface area contributed by atoms with Crippen molar-refractivity contribution in [3.63, 3.8) is 0 Å². The zero-order chi connectivity index (χ0) is 18.0. The summed E-state index contributed by atoms with van der Waals surface area (Å²) < 4.78 is 1.41. The molecule has 0 spiro atoms. The van der Waals surface area contributed by atoms with Crippen LogP contribution in [-0.2, 0) is 7.05 Å². The Morgan fingerprint density at radius 2 is 1.84 bits per heavy atom. The number of nitrogens with one attached hydrogen (secondary N) is 1. The van der Waals surface area contributed by atoms with Gasteiger partial charge < -0.3 is 10.2 Å². The van der Waals surface area contributed by atoms with Crippen molar-refractivity contribution in [2.24, 2.45) is 7.05 Å². The minimum atomic E-state index is -0.0640. The number of nitrogens with zero attached hydrogens (tertiary/aromatic N) is 3. The highest BCUT2D eigenvalue weighted by molar-refractivity contribution is 5.93. The molecule has 1 heterocycles. The van der Waals surface area contributed by atoms with Gasteiger partial charge in [0, 0.05) is 19.0 Å². The first kappa shape index (κ1) is 17.2. The van der Waals surface area contributed by atoms with E-state index in [9.17, 15) is 4.79 Å². The highest BCUT2D eigenvalue weighted by atomic mass is 16.1. The van der Waals surface area contributed by atoms with Gasteiger partial charge in [-0.2, -0.15) is 5.10 Å². The second-order valence-electron chi connectivity index (χ2n) is 6.55. The maximum absolute atomic E-state index is 12.4. The van der Waals surface area contributed by atoms with E-state index in [4.69, 9.17) is 0 Å². The number of anilines is 1. The van der Waals surface area contributed by atoms with Gasteiger partial charge in [0.25, 0.3) is 5.56 Å². The predicted octanol–water partition coefficient (Wildman–Crippen LogP) is 2.96. The molecule has 0 bridgehead atoms. The third kappa shape index (κ3) is 3.42. The largest absolute Gasteiger partial charge is 0.366 e.